The standard InChI is InChI=1S/C14H13BrINO/c15-11-3-1-6-14(9-11)18-8-7-17-13-5-2-4-12(16)10-13/h1-6,9-10,17H,7-8H2. The molecule has 2 aromatic rings. The van der Waals surface area contributed by atoms with Gasteiger partial charge in [0.1, 0.15) is 12.4 Å². The maximum atomic E-state index is 5.64. The zero-order valence-corrected chi connectivity index (χ0v) is 13.4. The smallest absolute Gasteiger partial charge is 0.120 e. The second-order valence-electron chi connectivity index (χ2n) is 3.74. The summed E-state index contributed by atoms with van der Waals surface area (Å²) in [6.07, 6.45) is 0. The van der Waals surface area contributed by atoms with Crippen LogP contribution in [0, 0.1) is 3.57 Å². The number of nitrogens with one attached hydrogen (secondary N) is 1. The topological polar surface area (TPSA) is 21.3 Å². The first-order valence-corrected chi connectivity index (χ1v) is 7.49. The average molecular weight is 418 g/mol. The summed E-state index contributed by atoms with van der Waals surface area (Å²) in [6, 6.07) is 16.1. The Bertz CT molecular complexity index is 471. The van der Waals surface area contributed by atoms with E-state index < -0.39 is 0 Å². The number of ether oxygens (including phenoxy) is 1. The van der Waals surface area contributed by atoms with Crippen LogP contribution in [0.3, 0.4) is 0 Å². The van der Waals surface area contributed by atoms with E-state index in [0.717, 1.165) is 22.5 Å². The van der Waals surface area contributed by atoms with Crippen LogP contribution in [0.1, 0.15) is 0 Å². The number of benzene rings is 2. The predicted octanol–water partition coefficient (Wildman–Crippen LogP) is 4.54. The zero-order chi connectivity index (χ0) is 12.8. The van der Waals surface area contributed by atoms with E-state index in [1.165, 1.54) is 3.57 Å². The highest BCUT2D eigenvalue weighted by Gasteiger charge is 1.95. The van der Waals surface area contributed by atoms with Crippen molar-refractivity contribution in [3.8, 4) is 5.75 Å². The highest BCUT2D eigenvalue weighted by atomic mass is 127. The molecule has 0 heterocycles. The second-order valence-corrected chi connectivity index (χ2v) is 5.90. The molecular formula is C14H13BrINO. The Labute approximate surface area is 129 Å². The van der Waals surface area contributed by atoms with E-state index in [0.29, 0.717) is 6.61 Å². The molecule has 0 atom stereocenters. The van der Waals surface area contributed by atoms with Crippen LogP contribution in [0.4, 0.5) is 5.69 Å². The van der Waals surface area contributed by atoms with Crippen LogP contribution < -0.4 is 10.1 Å². The van der Waals surface area contributed by atoms with Crippen LogP contribution in [0.15, 0.2) is 53.0 Å². The molecule has 0 aromatic heterocycles. The van der Waals surface area contributed by atoms with E-state index >= 15 is 0 Å². The van der Waals surface area contributed by atoms with E-state index in [1.807, 2.05) is 30.3 Å². The monoisotopic (exact) mass is 417 g/mol. The fraction of sp³-hybridized carbons (Fsp3) is 0.143. The van der Waals surface area contributed by atoms with Gasteiger partial charge in [-0.25, -0.2) is 0 Å². The SMILES string of the molecule is Brc1cccc(OCCNc2cccc(I)c2)c1. The first-order chi connectivity index (χ1) is 8.74. The lowest BCUT2D eigenvalue weighted by Crippen LogP contribution is -2.11. The van der Waals surface area contributed by atoms with Crippen molar-refractivity contribution in [2.24, 2.45) is 0 Å². The number of anilines is 1. The molecule has 0 fully saturated rings. The van der Waals surface area contributed by atoms with Crippen LogP contribution >= 0.6 is 38.5 Å². The summed E-state index contributed by atoms with van der Waals surface area (Å²) < 4.78 is 7.90. The summed E-state index contributed by atoms with van der Waals surface area (Å²) in [5, 5.41) is 3.33. The first-order valence-electron chi connectivity index (χ1n) is 5.62. The summed E-state index contributed by atoms with van der Waals surface area (Å²) in [5.74, 6) is 0.883. The first kappa shape index (κ1) is 13.7. The van der Waals surface area contributed by atoms with Gasteiger partial charge in [-0.1, -0.05) is 28.1 Å². The predicted molar refractivity (Wildman–Crippen MR) is 87.3 cm³/mol. The maximum absolute atomic E-state index is 5.64. The minimum atomic E-state index is 0.641. The van der Waals surface area contributed by atoms with Crippen LogP contribution in [-0.4, -0.2) is 13.2 Å². The van der Waals surface area contributed by atoms with Crippen molar-refractivity contribution in [1.29, 1.82) is 0 Å². The second kappa shape index (κ2) is 6.99. The molecule has 2 nitrogen and oxygen atoms in total. The quantitative estimate of drug-likeness (QED) is 0.569. The van der Waals surface area contributed by atoms with Crippen LogP contribution in [0.25, 0.3) is 0 Å². The van der Waals surface area contributed by atoms with Gasteiger partial charge in [0.25, 0.3) is 0 Å². The third-order valence-electron chi connectivity index (χ3n) is 2.32. The molecule has 0 radical (unpaired) electrons. The van der Waals surface area contributed by atoms with Gasteiger partial charge >= 0.3 is 0 Å². The lowest BCUT2D eigenvalue weighted by molar-refractivity contribution is 0.332. The summed E-state index contributed by atoms with van der Waals surface area (Å²) in [5.41, 5.74) is 1.12. The normalized spacial score (nSPS) is 10.1. The van der Waals surface area contributed by atoms with Crippen molar-refractivity contribution in [2.45, 2.75) is 0 Å². The van der Waals surface area contributed by atoms with Gasteiger partial charge in [0.2, 0.25) is 0 Å². The molecule has 0 aliphatic rings. The fourth-order valence-corrected chi connectivity index (χ4v) is 2.44. The van der Waals surface area contributed by atoms with Gasteiger partial charge in [-0.3, -0.25) is 0 Å². The molecular weight excluding hydrogens is 405 g/mol. The van der Waals surface area contributed by atoms with Crippen LogP contribution in [0.2, 0.25) is 0 Å². The number of hydrogen-bond donors (Lipinski definition) is 1. The Morgan fingerprint density at radius 1 is 1.11 bits per heavy atom. The molecule has 94 valence electrons. The largest absolute Gasteiger partial charge is 0.492 e. The summed E-state index contributed by atoms with van der Waals surface area (Å²) in [7, 11) is 0. The van der Waals surface area contributed by atoms with Gasteiger partial charge in [-0.2, -0.15) is 0 Å². The van der Waals surface area contributed by atoms with Crippen molar-refractivity contribution in [3.63, 3.8) is 0 Å². The van der Waals surface area contributed by atoms with Crippen molar-refractivity contribution < 1.29 is 4.74 Å². The van der Waals surface area contributed by atoms with Crippen LogP contribution in [-0.2, 0) is 0 Å². The Balaban J connectivity index is 1.76. The molecule has 2 rings (SSSR count). The molecule has 0 saturated carbocycles. The maximum Gasteiger partial charge on any atom is 0.120 e. The Morgan fingerprint density at radius 3 is 2.72 bits per heavy atom. The molecule has 0 unspecified atom stereocenters. The van der Waals surface area contributed by atoms with Crippen molar-refractivity contribution in [3.05, 3.63) is 56.6 Å². The molecule has 0 bridgehead atoms. The fourth-order valence-electron chi connectivity index (χ4n) is 1.52. The van der Waals surface area contributed by atoms with Crippen molar-refractivity contribution >= 4 is 44.2 Å². The molecule has 18 heavy (non-hydrogen) atoms. The molecule has 2 aromatic carbocycles. The molecule has 0 spiro atoms. The highest BCUT2D eigenvalue weighted by molar-refractivity contribution is 14.1. The van der Waals surface area contributed by atoms with Gasteiger partial charge in [0.15, 0.2) is 0 Å². The molecule has 0 aliphatic heterocycles. The molecule has 0 aliphatic carbocycles. The third kappa shape index (κ3) is 4.49. The molecule has 0 amide bonds. The number of halogens is 2. The minimum absolute atomic E-state index is 0.641. The van der Waals surface area contributed by atoms with Crippen molar-refractivity contribution in [1.82, 2.24) is 0 Å². The van der Waals surface area contributed by atoms with E-state index in [-0.39, 0.29) is 0 Å². The lowest BCUT2D eigenvalue weighted by atomic mass is 10.3. The van der Waals surface area contributed by atoms with E-state index in [4.69, 9.17) is 4.74 Å². The van der Waals surface area contributed by atoms with E-state index in [1.54, 1.807) is 0 Å². The molecule has 0 saturated heterocycles. The van der Waals surface area contributed by atoms with E-state index in [2.05, 4.69) is 62.0 Å². The molecule has 1 N–H and O–H groups in total. The number of hydrogen-bond acceptors (Lipinski definition) is 2. The number of rotatable bonds is 5. The minimum Gasteiger partial charge on any atom is -0.492 e. The summed E-state index contributed by atoms with van der Waals surface area (Å²) >= 11 is 5.72. The van der Waals surface area contributed by atoms with E-state index in [9.17, 15) is 0 Å². The van der Waals surface area contributed by atoms with Gasteiger partial charge in [0.05, 0.1) is 0 Å². The van der Waals surface area contributed by atoms with Crippen LogP contribution in [0.5, 0.6) is 5.75 Å². The van der Waals surface area contributed by atoms with Gasteiger partial charge in [-0.05, 0) is 59.0 Å². The third-order valence-corrected chi connectivity index (χ3v) is 3.48. The van der Waals surface area contributed by atoms with Crippen molar-refractivity contribution in [2.75, 3.05) is 18.5 Å². The Morgan fingerprint density at radius 2 is 1.94 bits per heavy atom. The average Bonchev–Trinajstić information content (AvgIpc) is 2.35. The summed E-state index contributed by atoms with van der Waals surface area (Å²) in [4.78, 5) is 0. The Hall–Kier alpha value is -0.750. The molecule has 4 heteroatoms. The highest BCUT2D eigenvalue weighted by Crippen LogP contribution is 2.17. The summed E-state index contributed by atoms with van der Waals surface area (Å²) in [6.45, 7) is 1.43. The van der Waals surface area contributed by atoms with Gasteiger partial charge in [-0.15, -0.1) is 0 Å². The van der Waals surface area contributed by atoms with Gasteiger partial charge in [0, 0.05) is 20.3 Å². The Kier molecular flexibility index (Phi) is 5.31. The van der Waals surface area contributed by atoms with Gasteiger partial charge < -0.3 is 10.1 Å². The zero-order valence-electron chi connectivity index (χ0n) is 9.70. The lowest BCUT2D eigenvalue weighted by Gasteiger charge is -2.09.